The van der Waals surface area contributed by atoms with Gasteiger partial charge in [-0.3, -0.25) is 19.2 Å². The number of benzene rings is 2. The van der Waals surface area contributed by atoms with E-state index in [1.54, 1.807) is 31.2 Å². The minimum absolute atomic E-state index is 0.123. The summed E-state index contributed by atoms with van der Waals surface area (Å²) in [6.07, 6.45) is 1.58. The van der Waals surface area contributed by atoms with Gasteiger partial charge in [0.1, 0.15) is 24.2 Å². The first kappa shape index (κ1) is 29.1. The van der Waals surface area contributed by atoms with E-state index in [0.29, 0.717) is 42.1 Å². The number of rotatable bonds is 13. The predicted molar refractivity (Wildman–Crippen MR) is 146 cm³/mol. The summed E-state index contributed by atoms with van der Waals surface area (Å²) in [4.78, 5) is 51.1. The van der Waals surface area contributed by atoms with Crippen molar-refractivity contribution in [2.24, 2.45) is 11.3 Å². The Bertz CT molecular complexity index is 1250. The first-order chi connectivity index (χ1) is 19.3. The maximum Gasteiger partial charge on any atom is 0.313 e. The van der Waals surface area contributed by atoms with Crippen LogP contribution in [0.5, 0.6) is 17.2 Å². The Morgan fingerprint density at radius 3 is 2.35 bits per heavy atom. The van der Waals surface area contributed by atoms with E-state index in [9.17, 15) is 19.2 Å². The molecule has 3 atom stereocenters. The lowest BCUT2D eigenvalue weighted by Crippen LogP contribution is -2.68. The summed E-state index contributed by atoms with van der Waals surface area (Å²) in [6.45, 7) is 7.94. The van der Waals surface area contributed by atoms with Crippen LogP contribution >= 0.6 is 0 Å². The van der Waals surface area contributed by atoms with Crippen molar-refractivity contribution in [2.45, 2.75) is 71.9 Å². The average Bonchev–Trinajstić information content (AvgIpc) is 3.42. The van der Waals surface area contributed by atoms with Crippen LogP contribution in [-0.4, -0.2) is 42.9 Å². The Hall–Kier alpha value is -3.88. The lowest BCUT2D eigenvalue weighted by Gasteiger charge is -2.51. The van der Waals surface area contributed by atoms with Crippen molar-refractivity contribution >= 4 is 23.4 Å². The van der Waals surface area contributed by atoms with E-state index in [2.05, 4.69) is 5.32 Å². The maximum atomic E-state index is 13.6. The van der Waals surface area contributed by atoms with E-state index >= 15 is 0 Å². The molecule has 0 bridgehead atoms. The van der Waals surface area contributed by atoms with Gasteiger partial charge in [0.2, 0.25) is 12.7 Å². The van der Waals surface area contributed by atoms with Gasteiger partial charge >= 0.3 is 5.97 Å². The molecule has 2 unspecified atom stereocenters. The highest BCUT2D eigenvalue weighted by Crippen LogP contribution is 2.50. The zero-order chi connectivity index (χ0) is 28.9. The van der Waals surface area contributed by atoms with Crippen molar-refractivity contribution < 1.29 is 38.1 Å². The van der Waals surface area contributed by atoms with E-state index in [4.69, 9.17) is 18.9 Å². The molecule has 1 heterocycles. The molecule has 1 N–H and O–H groups in total. The van der Waals surface area contributed by atoms with Gasteiger partial charge in [-0.15, -0.1) is 0 Å². The Morgan fingerprint density at radius 1 is 1.00 bits per heavy atom. The molecule has 1 aliphatic heterocycles. The van der Waals surface area contributed by atoms with Gasteiger partial charge in [-0.25, -0.2) is 0 Å². The molecule has 9 nitrogen and oxygen atoms in total. The molecular formula is C31H37NO8. The zero-order valence-corrected chi connectivity index (χ0v) is 23.5. The molecule has 9 heteroatoms. The Kier molecular flexibility index (Phi) is 9.12. The molecule has 1 amide bonds. The molecule has 2 aliphatic rings. The summed E-state index contributed by atoms with van der Waals surface area (Å²) in [7, 11) is 0. The first-order valence-corrected chi connectivity index (χ1v) is 14.0. The number of hydrogen-bond donors (Lipinski definition) is 1. The minimum atomic E-state index is -0.960. The number of hydrogen-bond acceptors (Lipinski definition) is 8. The summed E-state index contributed by atoms with van der Waals surface area (Å²) in [5.74, 6) is -0.651. The third-order valence-electron chi connectivity index (χ3n) is 7.91. The molecule has 214 valence electrons. The molecule has 0 radical (unpaired) electrons. The highest BCUT2D eigenvalue weighted by molar-refractivity contribution is 6.10. The zero-order valence-electron chi connectivity index (χ0n) is 23.5. The highest BCUT2D eigenvalue weighted by Gasteiger charge is 2.64. The summed E-state index contributed by atoms with van der Waals surface area (Å²) in [6, 6.07) is 11.7. The lowest BCUT2D eigenvalue weighted by molar-refractivity contribution is -0.173. The van der Waals surface area contributed by atoms with Crippen LogP contribution in [0.15, 0.2) is 42.5 Å². The van der Waals surface area contributed by atoms with Crippen molar-refractivity contribution in [1.29, 1.82) is 0 Å². The summed E-state index contributed by atoms with van der Waals surface area (Å²) >= 11 is 0. The third kappa shape index (κ3) is 5.69. The fourth-order valence-corrected chi connectivity index (χ4v) is 5.56. The number of Topliss-reactive ketones (excluding diaryl/α,β-unsaturated/α-hetero) is 2. The van der Waals surface area contributed by atoms with Crippen LogP contribution in [0.3, 0.4) is 0 Å². The van der Waals surface area contributed by atoms with Gasteiger partial charge < -0.3 is 24.3 Å². The second-order valence-corrected chi connectivity index (χ2v) is 10.1. The van der Waals surface area contributed by atoms with Gasteiger partial charge in [0.25, 0.3) is 0 Å². The second kappa shape index (κ2) is 12.5. The number of carbonyl (C=O) groups is 4. The van der Waals surface area contributed by atoms with E-state index in [1.807, 2.05) is 39.0 Å². The monoisotopic (exact) mass is 551 g/mol. The summed E-state index contributed by atoms with van der Waals surface area (Å²) < 4.78 is 22.1. The van der Waals surface area contributed by atoms with Gasteiger partial charge in [-0.1, -0.05) is 33.3 Å². The van der Waals surface area contributed by atoms with Gasteiger partial charge in [-0.05, 0) is 68.1 Å². The standard InChI is InChI=1S/C31H37NO8/c1-5-9-22(20-12-15-24-25(16-20)39-18-38-24)32-30(36)27-28(35)31(6-2,7-3)29(27)40-21-13-10-19(11-14-21)23(33)17-26(34)37-8-4/h10-16,22,27,29H,5-9,17-18H2,1-4H3,(H,32,36)/t22?,27?,29-/m1/s1. The van der Waals surface area contributed by atoms with Crippen LogP contribution in [0, 0.1) is 11.3 Å². The highest BCUT2D eigenvalue weighted by atomic mass is 16.7. The minimum Gasteiger partial charge on any atom is -0.488 e. The molecule has 4 rings (SSSR count). The summed E-state index contributed by atoms with van der Waals surface area (Å²) in [5.41, 5.74) is 0.450. The number of ketones is 2. The molecule has 1 saturated carbocycles. The van der Waals surface area contributed by atoms with Crippen molar-refractivity contribution in [3.63, 3.8) is 0 Å². The van der Waals surface area contributed by atoms with Crippen LogP contribution in [0.25, 0.3) is 0 Å². The molecular weight excluding hydrogens is 514 g/mol. The van der Waals surface area contributed by atoms with Crippen LogP contribution < -0.4 is 19.5 Å². The molecule has 1 fully saturated rings. The Labute approximate surface area is 234 Å². The van der Waals surface area contributed by atoms with Crippen molar-refractivity contribution in [3.05, 3.63) is 53.6 Å². The van der Waals surface area contributed by atoms with Crippen LogP contribution in [0.4, 0.5) is 0 Å². The predicted octanol–water partition coefficient (Wildman–Crippen LogP) is 4.96. The lowest BCUT2D eigenvalue weighted by atomic mass is 9.55. The van der Waals surface area contributed by atoms with Crippen molar-refractivity contribution in [1.82, 2.24) is 5.32 Å². The average molecular weight is 552 g/mol. The van der Waals surface area contributed by atoms with Gasteiger partial charge in [0.15, 0.2) is 23.1 Å². The van der Waals surface area contributed by atoms with Crippen LogP contribution in [0.2, 0.25) is 0 Å². The first-order valence-electron chi connectivity index (χ1n) is 14.0. The quantitative estimate of drug-likeness (QED) is 0.211. The molecule has 0 saturated heterocycles. The van der Waals surface area contributed by atoms with E-state index in [0.717, 1.165) is 12.0 Å². The van der Waals surface area contributed by atoms with E-state index in [-0.39, 0.29) is 43.3 Å². The second-order valence-electron chi connectivity index (χ2n) is 10.1. The largest absolute Gasteiger partial charge is 0.488 e. The third-order valence-corrected chi connectivity index (χ3v) is 7.91. The van der Waals surface area contributed by atoms with Crippen LogP contribution in [0.1, 0.15) is 81.8 Å². The Balaban J connectivity index is 1.50. The SMILES string of the molecule is CCCC(NC(=O)C1C(=O)C(CC)(CC)[C@@H]1Oc1ccc(C(=O)CC(=O)OCC)cc1)c1ccc2c(c1)OCO2. The summed E-state index contributed by atoms with van der Waals surface area (Å²) in [5, 5.41) is 3.09. The number of amides is 1. The fraction of sp³-hybridized carbons (Fsp3) is 0.484. The van der Waals surface area contributed by atoms with Gasteiger partial charge in [0.05, 0.1) is 18.1 Å². The maximum absolute atomic E-state index is 13.6. The normalized spacial score (nSPS) is 19.4. The molecule has 2 aromatic carbocycles. The van der Waals surface area contributed by atoms with Crippen LogP contribution in [-0.2, 0) is 19.1 Å². The number of fused-ring (bicyclic) bond motifs is 1. The van der Waals surface area contributed by atoms with E-state index in [1.165, 1.54) is 0 Å². The van der Waals surface area contributed by atoms with Crippen molar-refractivity contribution in [2.75, 3.05) is 13.4 Å². The molecule has 0 aromatic heterocycles. The molecule has 2 aromatic rings. The smallest absolute Gasteiger partial charge is 0.313 e. The van der Waals surface area contributed by atoms with Gasteiger partial charge in [-0.2, -0.15) is 0 Å². The van der Waals surface area contributed by atoms with Crippen molar-refractivity contribution in [3.8, 4) is 17.2 Å². The number of carbonyl (C=O) groups excluding carboxylic acids is 4. The molecule has 40 heavy (non-hydrogen) atoms. The number of nitrogens with one attached hydrogen (secondary N) is 1. The number of ether oxygens (including phenoxy) is 4. The van der Waals surface area contributed by atoms with Gasteiger partial charge in [0, 0.05) is 5.56 Å². The molecule has 1 aliphatic carbocycles. The fourth-order valence-electron chi connectivity index (χ4n) is 5.56. The molecule has 0 spiro atoms. The Morgan fingerprint density at radius 2 is 1.70 bits per heavy atom. The van der Waals surface area contributed by atoms with E-state index < -0.39 is 23.4 Å². The number of esters is 1. The topological polar surface area (TPSA) is 117 Å².